The Kier molecular flexibility index (Phi) is 1.95. The molecular formula is C10H16O2. The monoisotopic (exact) mass is 168 g/mol. The van der Waals surface area contributed by atoms with Gasteiger partial charge in [0.15, 0.2) is 0 Å². The third-order valence-corrected chi connectivity index (χ3v) is 3.77. The zero-order chi connectivity index (χ0) is 8.60. The van der Waals surface area contributed by atoms with Crippen LogP contribution < -0.4 is 0 Å². The summed E-state index contributed by atoms with van der Waals surface area (Å²) in [5.74, 6) is 0.714. The van der Waals surface area contributed by atoms with E-state index in [0.717, 1.165) is 19.3 Å². The Morgan fingerprint density at radius 2 is 2.08 bits per heavy atom. The van der Waals surface area contributed by atoms with Crippen LogP contribution in [-0.2, 0) is 4.79 Å². The van der Waals surface area contributed by atoms with Crippen molar-refractivity contribution in [2.24, 2.45) is 11.3 Å². The number of Topliss-reactive ketones (excluding diaryl/α,β-unsaturated/α-hetero) is 1. The SMILES string of the molecule is O=C1CCC(CO)C12CCCC2. The maximum atomic E-state index is 11.7. The molecule has 2 heteroatoms. The second-order valence-electron chi connectivity index (χ2n) is 4.20. The fourth-order valence-electron chi connectivity index (χ4n) is 3.02. The van der Waals surface area contributed by atoms with Crippen LogP contribution in [0.25, 0.3) is 0 Å². The highest BCUT2D eigenvalue weighted by Crippen LogP contribution is 2.51. The highest BCUT2D eigenvalue weighted by molar-refractivity contribution is 5.87. The van der Waals surface area contributed by atoms with Crippen LogP contribution in [0, 0.1) is 11.3 Å². The maximum Gasteiger partial charge on any atom is 0.139 e. The first-order valence-corrected chi connectivity index (χ1v) is 4.94. The molecule has 2 aliphatic rings. The van der Waals surface area contributed by atoms with Gasteiger partial charge < -0.3 is 5.11 Å². The average Bonchev–Trinajstić information content (AvgIpc) is 2.65. The van der Waals surface area contributed by atoms with Crippen molar-refractivity contribution in [1.29, 1.82) is 0 Å². The number of ketones is 1. The number of rotatable bonds is 1. The molecule has 1 atom stereocenters. The van der Waals surface area contributed by atoms with Crippen LogP contribution >= 0.6 is 0 Å². The largest absolute Gasteiger partial charge is 0.396 e. The molecule has 0 aromatic carbocycles. The van der Waals surface area contributed by atoms with Gasteiger partial charge in [-0.1, -0.05) is 12.8 Å². The van der Waals surface area contributed by atoms with E-state index in [1.165, 1.54) is 12.8 Å². The van der Waals surface area contributed by atoms with Crippen molar-refractivity contribution in [3.05, 3.63) is 0 Å². The first-order valence-electron chi connectivity index (χ1n) is 4.94. The molecule has 1 spiro atoms. The Labute approximate surface area is 73.0 Å². The molecule has 2 aliphatic carbocycles. The summed E-state index contributed by atoms with van der Waals surface area (Å²) in [6.07, 6.45) is 6.08. The molecule has 1 unspecified atom stereocenters. The van der Waals surface area contributed by atoms with Gasteiger partial charge in [0.05, 0.1) is 0 Å². The number of aliphatic hydroxyl groups is 1. The van der Waals surface area contributed by atoms with Gasteiger partial charge in [0.1, 0.15) is 5.78 Å². The molecule has 0 aromatic heterocycles. The number of hydrogen-bond donors (Lipinski definition) is 1. The van der Waals surface area contributed by atoms with Crippen LogP contribution in [0.15, 0.2) is 0 Å². The molecule has 1 N–H and O–H groups in total. The number of hydrogen-bond acceptors (Lipinski definition) is 2. The van der Waals surface area contributed by atoms with Gasteiger partial charge in [0, 0.05) is 18.4 Å². The van der Waals surface area contributed by atoms with Crippen molar-refractivity contribution in [2.75, 3.05) is 6.61 Å². The summed E-state index contributed by atoms with van der Waals surface area (Å²) in [4.78, 5) is 11.7. The molecule has 2 fully saturated rings. The quantitative estimate of drug-likeness (QED) is 0.644. The van der Waals surface area contributed by atoms with E-state index in [2.05, 4.69) is 0 Å². The normalized spacial score (nSPS) is 33.4. The third kappa shape index (κ3) is 0.939. The summed E-state index contributed by atoms with van der Waals surface area (Å²) in [6.45, 7) is 0.214. The van der Waals surface area contributed by atoms with Gasteiger partial charge in [0.2, 0.25) is 0 Å². The first kappa shape index (κ1) is 8.24. The van der Waals surface area contributed by atoms with Gasteiger partial charge in [-0.2, -0.15) is 0 Å². The molecule has 0 heterocycles. The Morgan fingerprint density at radius 1 is 1.42 bits per heavy atom. The van der Waals surface area contributed by atoms with Crippen molar-refractivity contribution in [3.63, 3.8) is 0 Å². The van der Waals surface area contributed by atoms with Crippen molar-refractivity contribution in [1.82, 2.24) is 0 Å². The summed E-state index contributed by atoms with van der Waals surface area (Å²) in [5.41, 5.74) is -0.0747. The van der Waals surface area contributed by atoms with Crippen LogP contribution in [0.4, 0.5) is 0 Å². The van der Waals surface area contributed by atoms with E-state index < -0.39 is 0 Å². The molecule has 0 bridgehead atoms. The van der Waals surface area contributed by atoms with Gasteiger partial charge in [-0.3, -0.25) is 4.79 Å². The third-order valence-electron chi connectivity index (χ3n) is 3.77. The van der Waals surface area contributed by atoms with E-state index in [4.69, 9.17) is 5.11 Å². The zero-order valence-corrected chi connectivity index (χ0v) is 7.38. The van der Waals surface area contributed by atoms with E-state index in [1.807, 2.05) is 0 Å². The second kappa shape index (κ2) is 2.84. The molecule has 0 amide bonds. The van der Waals surface area contributed by atoms with Crippen LogP contribution in [0.2, 0.25) is 0 Å². The zero-order valence-electron chi connectivity index (χ0n) is 7.38. The standard InChI is InChI=1S/C10H16O2/c11-7-8-3-4-9(12)10(8)5-1-2-6-10/h8,11H,1-7H2. The average molecular weight is 168 g/mol. The second-order valence-corrected chi connectivity index (χ2v) is 4.20. The maximum absolute atomic E-state index is 11.7. The van der Waals surface area contributed by atoms with Crippen LogP contribution in [0.1, 0.15) is 38.5 Å². The summed E-state index contributed by atoms with van der Waals surface area (Å²) in [6, 6.07) is 0. The van der Waals surface area contributed by atoms with E-state index in [9.17, 15) is 4.79 Å². The van der Waals surface area contributed by atoms with E-state index >= 15 is 0 Å². The van der Waals surface area contributed by atoms with E-state index in [1.54, 1.807) is 0 Å². The summed E-state index contributed by atoms with van der Waals surface area (Å²) >= 11 is 0. The van der Waals surface area contributed by atoms with Crippen molar-refractivity contribution >= 4 is 5.78 Å². The van der Waals surface area contributed by atoms with Gasteiger partial charge >= 0.3 is 0 Å². The number of carbonyl (C=O) groups excluding carboxylic acids is 1. The predicted molar refractivity (Wildman–Crippen MR) is 45.7 cm³/mol. The van der Waals surface area contributed by atoms with Crippen LogP contribution in [-0.4, -0.2) is 17.5 Å². The van der Waals surface area contributed by atoms with E-state index in [0.29, 0.717) is 12.2 Å². The first-order chi connectivity index (χ1) is 5.79. The molecule has 2 saturated carbocycles. The molecule has 68 valence electrons. The molecule has 0 aromatic rings. The number of carbonyl (C=O) groups is 1. The van der Waals surface area contributed by atoms with Crippen molar-refractivity contribution < 1.29 is 9.90 Å². The lowest BCUT2D eigenvalue weighted by atomic mass is 9.76. The summed E-state index contributed by atoms with van der Waals surface area (Å²) in [5, 5.41) is 9.16. The number of aliphatic hydroxyl groups excluding tert-OH is 1. The lowest BCUT2D eigenvalue weighted by molar-refractivity contribution is -0.127. The van der Waals surface area contributed by atoms with Crippen molar-refractivity contribution in [2.45, 2.75) is 38.5 Å². The minimum Gasteiger partial charge on any atom is -0.396 e. The molecule has 0 radical (unpaired) electrons. The highest BCUT2D eigenvalue weighted by Gasteiger charge is 2.50. The topological polar surface area (TPSA) is 37.3 Å². The highest BCUT2D eigenvalue weighted by atomic mass is 16.3. The minimum atomic E-state index is -0.0747. The molecule has 0 saturated heterocycles. The summed E-state index contributed by atoms with van der Waals surface area (Å²) < 4.78 is 0. The molecule has 0 aliphatic heterocycles. The Balaban J connectivity index is 2.23. The van der Waals surface area contributed by atoms with Crippen LogP contribution in [0.5, 0.6) is 0 Å². The van der Waals surface area contributed by atoms with Gasteiger partial charge in [-0.25, -0.2) is 0 Å². The lowest BCUT2D eigenvalue weighted by Gasteiger charge is -2.27. The van der Waals surface area contributed by atoms with Crippen molar-refractivity contribution in [3.8, 4) is 0 Å². The van der Waals surface area contributed by atoms with Gasteiger partial charge in [-0.05, 0) is 25.2 Å². The fraction of sp³-hybridized carbons (Fsp3) is 0.900. The van der Waals surface area contributed by atoms with E-state index in [-0.39, 0.29) is 17.9 Å². The smallest absolute Gasteiger partial charge is 0.139 e. The Morgan fingerprint density at radius 3 is 2.67 bits per heavy atom. The molecule has 12 heavy (non-hydrogen) atoms. The fourth-order valence-corrected chi connectivity index (χ4v) is 3.02. The Hall–Kier alpha value is -0.370. The molecular weight excluding hydrogens is 152 g/mol. The van der Waals surface area contributed by atoms with Crippen LogP contribution in [0.3, 0.4) is 0 Å². The minimum absolute atomic E-state index is 0.0747. The predicted octanol–water partition coefficient (Wildman–Crippen LogP) is 1.52. The Bertz CT molecular complexity index is 192. The van der Waals surface area contributed by atoms with Gasteiger partial charge in [0.25, 0.3) is 0 Å². The summed E-state index contributed by atoms with van der Waals surface area (Å²) in [7, 11) is 0. The van der Waals surface area contributed by atoms with Gasteiger partial charge in [-0.15, -0.1) is 0 Å². The molecule has 2 rings (SSSR count). The lowest BCUT2D eigenvalue weighted by Crippen LogP contribution is -2.31. The molecule has 2 nitrogen and oxygen atoms in total.